The van der Waals surface area contributed by atoms with Gasteiger partial charge in [-0.25, -0.2) is 19.3 Å². The maximum Gasteiger partial charge on any atom is 0.127 e. The van der Waals surface area contributed by atoms with Crippen LogP contribution in [0.15, 0.2) is 35.4 Å². The average molecular weight is 426 g/mol. The summed E-state index contributed by atoms with van der Waals surface area (Å²) in [4.78, 5) is 15.4. The van der Waals surface area contributed by atoms with Crippen LogP contribution in [0.25, 0.3) is 20.4 Å². The van der Waals surface area contributed by atoms with Crippen LogP contribution in [-0.2, 0) is 23.5 Å². The minimum atomic E-state index is -0.217. The van der Waals surface area contributed by atoms with Gasteiger partial charge in [0.15, 0.2) is 0 Å². The van der Waals surface area contributed by atoms with E-state index in [1.807, 2.05) is 19.1 Å². The molecule has 0 unspecified atom stereocenters. The quantitative estimate of drug-likeness (QED) is 0.305. The molecule has 0 radical (unpaired) electrons. The molecule has 4 heterocycles. The van der Waals surface area contributed by atoms with Crippen LogP contribution in [0, 0.1) is 12.7 Å². The molecule has 0 saturated carbocycles. The molecule has 0 amide bonds. The Labute approximate surface area is 176 Å². The standard InChI is InChI=1S/C22H20FN3OS2/c1-12-24-18-16-8-14-10-27-22(2,3)9-17(14)26-20(16)29-19(18)21(25-12)28-11-13-4-6-15(23)7-5-13/h4-8H,9-11H2,1-3H3. The lowest BCUT2D eigenvalue weighted by atomic mass is 9.95. The third-order valence-corrected chi connectivity index (χ3v) is 7.33. The molecule has 29 heavy (non-hydrogen) atoms. The molecule has 0 bridgehead atoms. The number of aryl methyl sites for hydroxylation is 1. The van der Waals surface area contributed by atoms with Gasteiger partial charge in [-0.3, -0.25) is 0 Å². The maximum atomic E-state index is 13.2. The summed E-state index contributed by atoms with van der Waals surface area (Å²) >= 11 is 3.30. The molecule has 148 valence electrons. The summed E-state index contributed by atoms with van der Waals surface area (Å²) in [6, 6.07) is 8.81. The normalized spacial score (nSPS) is 15.7. The smallest absolute Gasteiger partial charge is 0.127 e. The first-order chi connectivity index (χ1) is 13.9. The summed E-state index contributed by atoms with van der Waals surface area (Å²) in [5, 5.41) is 2.02. The lowest BCUT2D eigenvalue weighted by molar-refractivity contribution is -0.0411. The molecule has 0 aliphatic carbocycles. The fourth-order valence-corrected chi connectivity index (χ4v) is 5.79. The van der Waals surface area contributed by atoms with Crippen molar-refractivity contribution in [1.29, 1.82) is 0 Å². The highest BCUT2D eigenvalue weighted by molar-refractivity contribution is 7.98. The van der Waals surface area contributed by atoms with Crippen LogP contribution in [0.5, 0.6) is 0 Å². The van der Waals surface area contributed by atoms with Gasteiger partial charge in [-0.15, -0.1) is 23.1 Å². The van der Waals surface area contributed by atoms with Crippen molar-refractivity contribution in [1.82, 2.24) is 15.0 Å². The van der Waals surface area contributed by atoms with Crippen molar-refractivity contribution in [2.75, 3.05) is 0 Å². The first kappa shape index (κ1) is 18.9. The number of benzene rings is 1. The molecule has 4 nitrogen and oxygen atoms in total. The van der Waals surface area contributed by atoms with E-state index in [-0.39, 0.29) is 11.4 Å². The largest absolute Gasteiger partial charge is 0.370 e. The SMILES string of the molecule is Cc1nc(SCc2ccc(F)cc2)c2sc3nc4c(cc3c2n1)COC(C)(C)C4. The summed E-state index contributed by atoms with van der Waals surface area (Å²) < 4.78 is 20.2. The highest BCUT2D eigenvalue weighted by atomic mass is 32.2. The van der Waals surface area contributed by atoms with Crippen molar-refractivity contribution in [3.8, 4) is 0 Å². The monoisotopic (exact) mass is 425 g/mol. The second-order valence-electron chi connectivity index (χ2n) is 7.94. The molecule has 0 N–H and O–H groups in total. The predicted molar refractivity (Wildman–Crippen MR) is 116 cm³/mol. The minimum Gasteiger partial charge on any atom is -0.370 e. The van der Waals surface area contributed by atoms with E-state index in [2.05, 4.69) is 24.9 Å². The second kappa shape index (κ2) is 7.00. The summed E-state index contributed by atoms with van der Waals surface area (Å²) in [6.45, 7) is 6.71. The summed E-state index contributed by atoms with van der Waals surface area (Å²) in [5.74, 6) is 1.26. The van der Waals surface area contributed by atoms with Crippen molar-refractivity contribution < 1.29 is 9.13 Å². The van der Waals surface area contributed by atoms with Gasteiger partial charge in [-0.1, -0.05) is 12.1 Å². The Morgan fingerprint density at radius 2 is 1.97 bits per heavy atom. The molecule has 1 aliphatic rings. The van der Waals surface area contributed by atoms with Crippen LogP contribution < -0.4 is 0 Å². The molecule has 0 spiro atoms. The van der Waals surface area contributed by atoms with Gasteiger partial charge in [-0.2, -0.15) is 0 Å². The zero-order valence-electron chi connectivity index (χ0n) is 16.5. The van der Waals surface area contributed by atoms with Crippen LogP contribution in [0.2, 0.25) is 0 Å². The predicted octanol–water partition coefficient (Wildman–Crippen LogP) is 5.83. The number of thioether (sulfide) groups is 1. The fourth-order valence-electron chi connectivity index (χ4n) is 3.56. The number of nitrogens with zero attached hydrogens (tertiary/aromatic N) is 3. The number of thiophene rings is 1. The van der Waals surface area contributed by atoms with Crippen LogP contribution in [0.1, 0.15) is 36.5 Å². The van der Waals surface area contributed by atoms with Crippen LogP contribution in [0.4, 0.5) is 4.39 Å². The maximum absolute atomic E-state index is 13.2. The van der Waals surface area contributed by atoms with E-state index >= 15 is 0 Å². The fraction of sp³-hybridized carbons (Fsp3) is 0.318. The van der Waals surface area contributed by atoms with E-state index in [0.29, 0.717) is 6.61 Å². The number of halogens is 1. The average Bonchev–Trinajstić information content (AvgIpc) is 3.02. The first-order valence-corrected chi connectivity index (χ1v) is 11.3. The molecular weight excluding hydrogens is 405 g/mol. The van der Waals surface area contributed by atoms with Gasteiger partial charge >= 0.3 is 0 Å². The van der Waals surface area contributed by atoms with E-state index in [0.717, 1.165) is 60.3 Å². The van der Waals surface area contributed by atoms with Gasteiger partial charge < -0.3 is 4.74 Å². The number of ether oxygens (including phenoxy) is 1. The Morgan fingerprint density at radius 1 is 1.17 bits per heavy atom. The number of hydrogen-bond donors (Lipinski definition) is 0. The van der Waals surface area contributed by atoms with E-state index in [1.165, 1.54) is 12.1 Å². The third kappa shape index (κ3) is 3.63. The van der Waals surface area contributed by atoms with Crippen molar-refractivity contribution in [3.05, 3.63) is 58.8 Å². The lowest BCUT2D eigenvalue weighted by Gasteiger charge is -2.30. The molecule has 0 atom stereocenters. The van der Waals surface area contributed by atoms with Gasteiger partial charge in [-0.05, 0) is 44.5 Å². The molecule has 5 rings (SSSR count). The Balaban J connectivity index is 1.57. The van der Waals surface area contributed by atoms with E-state index in [1.54, 1.807) is 23.1 Å². The van der Waals surface area contributed by atoms with Gasteiger partial charge in [0, 0.05) is 23.1 Å². The summed E-state index contributed by atoms with van der Waals surface area (Å²) in [7, 11) is 0. The topological polar surface area (TPSA) is 47.9 Å². The van der Waals surface area contributed by atoms with Gasteiger partial charge in [0.2, 0.25) is 0 Å². The molecular formula is C22H20FN3OS2. The van der Waals surface area contributed by atoms with Gasteiger partial charge in [0.1, 0.15) is 21.5 Å². The van der Waals surface area contributed by atoms with Crippen LogP contribution in [-0.4, -0.2) is 20.6 Å². The Bertz CT molecular complexity index is 1230. The van der Waals surface area contributed by atoms with E-state index in [4.69, 9.17) is 14.7 Å². The Hall–Kier alpha value is -2.09. The number of pyridine rings is 1. The molecule has 3 aromatic heterocycles. The van der Waals surface area contributed by atoms with Crippen molar-refractivity contribution in [2.24, 2.45) is 0 Å². The van der Waals surface area contributed by atoms with Gasteiger partial charge in [0.25, 0.3) is 0 Å². The summed E-state index contributed by atoms with van der Waals surface area (Å²) in [6.07, 6.45) is 0.809. The second-order valence-corrected chi connectivity index (χ2v) is 9.91. The van der Waals surface area contributed by atoms with Crippen LogP contribution in [0.3, 0.4) is 0 Å². The molecule has 0 fully saturated rings. The first-order valence-electron chi connectivity index (χ1n) is 9.49. The van der Waals surface area contributed by atoms with Crippen molar-refractivity contribution in [3.63, 3.8) is 0 Å². The highest BCUT2D eigenvalue weighted by Crippen LogP contribution is 2.40. The van der Waals surface area contributed by atoms with Crippen molar-refractivity contribution in [2.45, 2.75) is 50.2 Å². The van der Waals surface area contributed by atoms with Crippen molar-refractivity contribution >= 4 is 43.5 Å². The minimum absolute atomic E-state index is 0.184. The lowest BCUT2D eigenvalue weighted by Crippen LogP contribution is -2.32. The molecule has 4 aromatic rings. The molecule has 0 saturated heterocycles. The Kier molecular flexibility index (Phi) is 4.57. The van der Waals surface area contributed by atoms with E-state index < -0.39 is 0 Å². The third-order valence-electron chi connectivity index (χ3n) is 5.06. The molecule has 1 aliphatic heterocycles. The highest BCUT2D eigenvalue weighted by Gasteiger charge is 2.28. The molecule has 7 heteroatoms. The zero-order chi connectivity index (χ0) is 20.2. The number of fused-ring (bicyclic) bond motifs is 4. The molecule has 1 aromatic carbocycles. The zero-order valence-corrected chi connectivity index (χ0v) is 18.1. The summed E-state index contributed by atoms with van der Waals surface area (Å²) in [5.41, 5.74) is 4.10. The number of hydrogen-bond acceptors (Lipinski definition) is 6. The number of rotatable bonds is 3. The Morgan fingerprint density at radius 3 is 2.76 bits per heavy atom. The number of aromatic nitrogens is 3. The van der Waals surface area contributed by atoms with E-state index in [9.17, 15) is 4.39 Å². The van der Waals surface area contributed by atoms with Gasteiger partial charge in [0.05, 0.1) is 28.1 Å². The van der Waals surface area contributed by atoms with Crippen LogP contribution >= 0.6 is 23.1 Å².